The Hall–Kier alpha value is -4.26. The molecular formula is C22H15N5O2. The van der Waals surface area contributed by atoms with Crippen molar-refractivity contribution < 1.29 is 9.21 Å². The van der Waals surface area contributed by atoms with Crippen LogP contribution < -0.4 is 5.32 Å². The van der Waals surface area contributed by atoms with E-state index in [1.165, 1.54) is 0 Å². The van der Waals surface area contributed by atoms with Crippen molar-refractivity contribution in [1.82, 2.24) is 19.7 Å². The van der Waals surface area contributed by atoms with Crippen LogP contribution in [0.3, 0.4) is 0 Å². The molecule has 0 bridgehead atoms. The Balaban J connectivity index is 1.56. The van der Waals surface area contributed by atoms with Gasteiger partial charge >= 0.3 is 0 Å². The van der Waals surface area contributed by atoms with E-state index in [4.69, 9.17) is 4.42 Å². The number of benzene rings is 2. The SMILES string of the molecule is O=C(Nc1cc(-n2cccn2)nc(-c2ccco2)n1)c1cccc2ccccc12. The molecular weight excluding hydrogens is 366 g/mol. The van der Waals surface area contributed by atoms with Crippen molar-refractivity contribution >= 4 is 22.5 Å². The van der Waals surface area contributed by atoms with Crippen molar-refractivity contribution in [3.05, 3.63) is 91.0 Å². The minimum atomic E-state index is -0.252. The highest BCUT2D eigenvalue weighted by atomic mass is 16.3. The number of nitrogens with zero attached hydrogens (tertiary/aromatic N) is 4. The molecule has 5 rings (SSSR count). The average molecular weight is 381 g/mol. The predicted molar refractivity (Wildman–Crippen MR) is 109 cm³/mol. The molecule has 0 saturated carbocycles. The molecule has 0 aliphatic carbocycles. The number of rotatable bonds is 4. The summed E-state index contributed by atoms with van der Waals surface area (Å²) in [4.78, 5) is 22.0. The normalized spacial score (nSPS) is 10.9. The summed E-state index contributed by atoms with van der Waals surface area (Å²) >= 11 is 0. The maximum absolute atomic E-state index is 13.0. The summed E-state index contributed by atoms with van der Waals surface area (Å²) < 4.78 is 7.03. The first-order valence-corrected chi connectivity index (χ1v) is 9.00. The van der Waals surface area contributed by atoms with Crippen molar-refractivity contribution in [2.24, 2.45) is 0 Å². The largest absolute Gasteiger partial charge is 0.461 e. The first kappa shape index (κ1) is 16.9. The zero-order valence-corrected chi connectivity index (χ0v) is 15.2. The number of anilines is 1. The quantitative estimate of drug-likeness (QED) is 0.501. The molecule has 1 N–H and O–H groups in total. The number of carbonyl (C=O) groups excluding carboxylic acids is 1. The number of fused-ring (bicyclic) bond motifs is 1. The van der Waals surface area contributed by atoms with Gasteiger partial charge in [0.15, 0.2) is 17.4 Å². The lowest BCUT2D eigenvalue weighted by Gasteiger charge is -2.10. The van der Waals surface area contributed by atoms with Gasteiger partial charge in [0, 0.05) is 24.0 Å². The van der Waals surface area contributed by atoms with E-state index in [1.54, 1.807) is 53.7 Å². The van der Waals surface area contributed by atoms with E-state index in [-0.39, 0.29) is 5.91 Å². The van der Waals surface area contributed by atoms with E-state index in [0.29, 0.717) is 28.8 Å². The summed E-state index contributed by atoms with van der Waals surface area (Å²) in [5.74, 6) is 1.48. The van der Waals surface area contributed by atoms with Gasteiger partial charge in [-0.15, -0.1) is 0 Å². The fourth-order valence-corrected chi connectivity index (χ4v) is 3.14. The molecule has 1 amide bonds. The average Bonchev–Trinajstić information content (AvgIpc) is 3.47. The van der Waals surface area contributed by atoms with Gasteiger partial charge in [0.25, 0.3) is 5.91 Å². The number of hydrogen-bond donors (Lipinski definition) is 1. The van der Waals surface area contributed by atoms with Crippen LogP contribution in [-0.2, 0) is 0 Å². The van der Waals surface area contributed by atoms with Gasteiger partial charge in [0.1, 0.15) is 5.82 Å². The maximum atomic E-state index is 13.0. The third kappa shape index (κ3) is 3.25. The van der Waals surface area contributed by atoms with Gasteiger partial charge in [0.2, 0.25) is 0 Å². The summed E-state index contributed by atoms with van der Waals surface area (Å²) in [5.41, 5.74) is 0.571. The third-order valence-electron chi connectivity index (χ3n) is 4.47. The minimum Gasteiger partial charge on any atom is -0.461 e. The van der Waals surface area contributed by atoms with E-state index >= 15 is 0 Å². The van der Waals surface area contributed by atoms with Crippen LogP contribution in [0.25, 0.3) is 28.2 Å². The Morgan fingerprint density at radius 3 is 2.69 bits per heavy atom. The van der Waals surface area contributed by atoms with E-state index in [1.807, 2.05) is 36.4 Å². The van der Waals surface area contributed by atoms with Gasteiger partial charge in [-0.25, -0.2) is 14.6 Å². The van der Waals surface area contributed by atoms with Gasteiger partial charge < -0.3 is 9.73 Å². The Morgan fingerprint density at radius 1 is 0.966 bits per heavy atom. The molecule has 7 heteroatoms. The van der Waals surface area contributed by atoms with Gasteiger partial charge in [-0.3, -0.25) is 4.79 Å². The molecule has 140 valence electrons. The molecule has 5 aromatic rings. The van der Waals surface area contributed by atoms with Gasteiger partial charge in [0.05, 0.1) is 6.26 Å². The highest BCUT2D eigenvalue weighted by molar-refractivity contribution is 6.12. The topological polar surface area (TPSA) is 85.8 Å². The number of carbonyl (C=O) groups is 1. The lowest BCUT2D eigenvalue weighted by Crippen LogP contribution is -2.15. The van der Waals surface area contributed by atoms with Crippen molar-refractivity contribution in [3.63, 3.8) is 0 Å². The molecule has 0 atom stereocenters. The number of nitrogens with one attached hydrogen (secondary N) is 1. The van der Waals surface area contributed by atoms with Crippen molar-refractivity contribution in [2.45, 2.75) is 0 Å². The lowest BCUT2D eigenvalue weighted by atomic mass is 10.0. The fraction of sp³-hybridized carbons (Fsp3) is 0. The predicted octanol–water partition coefficient (Wildman–Crippen LogP) is 4.33. The van der Waals surface area contributed by atoms with Gasteiger partial charge in [-0.05, 0) is 35.0 Å². The molecule has 0 aliphatic heterocycles. The van der Waals surface area contributed by atoms with E-state index in [2.05, 4.69) is 20.4 Å². The van der Waals surface area contributed by atoms with E-state index in [0.717, 1.165) is 10.8 Å². The summed E-state index contributed by atoms with van der Waals surface area (Å²) in [7, 11) is 0. The number of aromatic nitrogens is 4. The van der Waals surface area contributed by atoms with Crippen LogP contribution in [-0.4, -0.2) is 25.7 Å². The van der Waals surface area contributed by atoms with Crippen LogP contribution in [0, 0.1) is 0 Å². The Kier molecular flexibility index (Phi) is 4.10. The van der Waals surface area contributed by atoms with Crippen LogP contribution in [0.15, 0.2) is 89.8 Å². The molecule has 0 spiro atoms. The smallest absolute Gasteiger partial charge is 0.257 e. The standard InChI is InChI=1S/C22H15N5O2/c28-22(17-9-3-7-15-6-1-2-8-16(15)17)25-19-14-20(27-12-5-11-23-27)26-21(24-19)18-10-4-13-29-18/h1-14H,(H,24,25,26,28). The number of furan rings is 1. The van der Waals surface area contributed by atoms with Crippen LogP contribution in [0.4, 0.5) is 5.82 Å². The summed E-state index contributed by atoms with van der Waals surface area (Å²) in [6.07, 6.45) is 4.97. The monoisotopic (exact) mass is 381 g/mol. The highest BCUT2D eigenvalue weighted by Gasteiger charge is 2.15. The second-order valence-corrected chi connectivity index (χ2v) is 6.34. The molecule has 0 unspecified atom stereocenters. The van der Waals surface area contributed by atoms with Crippen LogP contribution in [0.2, 0.25) is 0 Å². The molecule has 3 heterocycles. The minimum absolute atomic E-state index is 0.252. The number of hydrogen-bond acceptors (Lipinski definition) is 5. The lowest BCUT2D eigenvalue weighted by molar-refractivity contribution is 0.102. The van der Waals surface area contributed by atoms with Gasteiger partial charge in [-0.2, -0.15) is 5.10 Å². The molecule has 7 nitrogen and oxygen atoms in total. The molecule has 0 saturated heterocycles. The van der Waals surface area contributed by atoms with Crippen molar-refractivity contribution in [1.29, 1.82) is 0 Å². The second kappa shape index (κ2) is 7.05. The molecule has 0 radical (unpaired) electrons. The Bertz CT molecular complexity index is 1240. The van der Waals surface area contributed by atoms with E-state index in [9.17, 15) is 4.79 Å². The number of amides is 1. The van der Waals surface area contributed by atoms with Crippen molar-refractivity contribution in [3.8, 4) is 17.4 Å². The first-order chi connectivity index (χ1) is 14.3. The van der Waals surface area contributed by atoms with Gasteiger partial charge in [-0.1, -0.05) is 36.4 Å². The second-order valence-electron chi connectivity index (χ2n) is 6.34. The maximum Gasteiger partial charge on any atom is 0.257 e. The molecule has 3 aromatic heterocycles. The van der Waals surface area contributed by atoms with Crippen molar-refractivity contribution in [2.75, 3.05) is 5.32 Å². The molecule has 2 aromatic carbocycles. The third-order valence-corrected chi connectivity index (χ3v) is 4.47. The zero-order chi connectivity index (χ0) is 19.6. The summed E-state index contributed by atoms with van der Waals surface area (Å²) in [5, 5.41) is 8.97. The fourth-order valence-electron chi connectivity index (χ4n) is 3.14. The Labute approximate surface area is 165 Å². The summed E-state index contributed by atoms with van der Waals surface area (Å²) in [6.45, 7) is 0. The Morgan fingerprint density at radius 2 is 1.86 bits per heavy atom. The molecule has 0 aliphatic rings. The van der Waals surface area contributed by atoms with Crippen LogP contribution in [0.5, 0.6) is 0 Å². The first-order valence-electron chi connectivity index (χ1n) is 9.00. The molecule has 29 heavy (non-hydrogen) atoms. The van der Waals surface area contributed by atoms with Crippen LogP contribution >= 0.6 is 0 Å². The van der Waals surface area contributed by atoms with E-state index < -0.39 is 0 Å². The zero-order valence-electron chi connectivity index (χ0n) is 15.2. The highest BCUT2D eigenvalue weighted by Crippen LogP contribution is 2.22. The van der Waals surface area contributed by atoms with Crippen LogP contribution in [0.1, 0.15) is 10.4 Å². The summed E-state index contributed by atoms with van der Waals surface area (Å²) in [6, 6.07) is 20.4. The molecule has 0 fully saturated rings.